The molecule has 2 fully saturated rings. The Morgan fingerprint density at radius 1 is 1.17 bits per heavy atom. The number of nitrogens with zero attached hydrogens (tertiary/aromatic N) is 5. The molecule has 0 spiro atoms. The number of hydrogen-bond acceptors (Lipinski definition) is 5. The van der Waals surface area contributed by atoms with Gasteiger partial charge in [0.05, 0.1) is 12.7 Å². The van der Waals surface area contributed by atoms with Crippen LogP contribution in [0.25, 0.3) is 0 Å². The minimum absolute atomic E-state index is 0.0118. The van der Waals surface area contributed by atoms with Crippen LogP contribution < -0.4 is 10.5 Å². The zero-order valence-electron chi connectivity index (χ0n) is 16.5. The molecule has 0 unspecified atom stereocenters. The first-order chi connectivity index (χ1) is 14.4. The lowest BCUT2D eigenvalue weighted by molar-refractivity contribution is -0.0560. The summed E-state index contributed by atoms with van der Waals surface area (Å²) in [5.41, 5.74) is 0.515. The summed E-state index contributed by atoms with van der Waals surface area (Å²) < 4.78 is 29.2. The summed E-state index contributed by atoms with van der Waals surface area (Å²) in [6.07, 6.45) is 6.05. The lowest BCUT2D eigenvalue weighted by Crippen LogP contribution is -2.50. The number of carbonyl (C=O) groups excluding carboxylic acids is 1. The van der Waals surface area contributed by atoms with E-state index in [0.29, 0.717) is 6.54 Å². The summed E-state index contributed by atoms with van der Waals surface area (Å²) in [5.74, 6) is -2.26. The number of alkyl halides is 2. The quantitative estimate of drug-likeness (QED) is 0.752. The molecule has 2 aromatic rings. The van der Waals surface area contributed by atoms with Gasteiger partial charge in [0.2, 0.25) is 0 Å². The van der Waals surface area contributed by atoms with Crippen LogP contribution in [-0.2, 0) is 6.54 Å². The Bertz CT molecular complexity index is 1030. The predicted octanol–water partition coefficient (Wildman–Crippen LogP) is 2.13. The second kappa shape index (κ2) is 7.14. The van der Waals surface area contributed by atoms with E-state index in [9.17, 15) is 18.4 Å². The minimum Gasteiger partial charge on any atom is -0.354 e. The third kappa shape index (κ3) is 3.36. The molecule has 0 radical (unpaired) electrons. The molecule has 2 atom stereocenters. The van der Waals surface area contributed by atoms with Crippen molar-refractivity contribution >= 4 is 11.7 Å². The number of hydrogen-bond donors (Lipinski definition) is 0. The lowest BCUT2D eigenvalue weighted by Gasteiger charge is -2.43. The van der Waals surface area contributed by atoms with Crippen molar-refractivity contribution in [3.63, 3.8) is 0 Å². The summed E-state index contributed by atoms with van der Waals surface area (Å²) in [6, 6.07) is 3.34. The third-order valence-electron chi connectivity index (χ3n) is 6.39. The second-order valence-electron chi connectivity index (χ2n) is 8.54. The van der Waals surface area contributed by atoms with Crippen molar-refractivity contribution in [1.82, 2.24) is 19.4 Å². The highest BCUT2D eigenvalue weighted by atomic mass is 19.3. The molecule has 7 nitrogen and oxygen atoms in total. The molecule has 0 aromatic carbocycles. The van der Waals surface area contributed by atoms with Crippen LogP contribution in [0.3, 0.4) is 0 Å². The maximum Gasteiger partial charge on any atom is 0.265 e. The fourth-order valence-electron chi connectivity index (χ4n) is 5.06. The molecule has 3 aliphatic rings. The van der Waals surface area contributed by atoms with Gasteiger partial charge in [-0.3, -0.25) is 14.6 Å². The van der Waals surface area contributed by atoms with Gasteiger partial charge in [-0.1, -0.05) is 0 Å². The highest BCUT2D eigenvalue weighted by Gasteiger charge is 2.39. The smallest absolute Gasteiger partial charge is 0.265 e. The number of fused-ring (bicyclic) bond motifs is 4. The average molecular weight is 415 g/mol. The monoisotopic (exact) mass is 415 g/mol. The molecule has 2 aromatic heterocycles. The standard InChI is InChI=1S/C21H23F2N5O2/c22-21(23)4-1-7-26(13-21)19(29)16-2-3-17-15-8-14(11-28(17)20(16)30)10-27(12-15)18-9-24-5-6-25-18/h2-3,5-6,9,14-15H,1,4,7-8,10-13H2/t14-,15+/m0/s1. The summed E-state index contributed by atoms with van der Waals surface area (Å²) in [4.78, 5) is 37.8. The largest absolute Gasteiger partial charge is 0.354 e. The van der Waals surface area contributed by atoms with E-state index in [0.717, 1.165) is 35.9 Å². The molecule has 3 aliphatic heterocycles. The lowest BCUT2D eigenvalue weighted by atomic mass is 9.83. The van der Waals surface area contributed by atoms with E-state index in [-0.39, 0.29) is 42.3 Å². The van der Waals surface area contributed by atoms with Crippen LogP contribution in [0.4, 0.5) is 14.6 Å². The molecule has 0 N–H and O–H groups in total. The molecule has 2 bridgehead atoms. The number of piperidine rings is 2. The number of amides is 1. The van der Waals surface area contributed by atoms with Crippen molar-refractivity contribution in [2.75, 3.05) is 31.1 Å². The molecule has 0 saturated carbocycles. The van der Waals surface area contributed by atoms with Gasteiger partial charge >= 0.3 is 0 Å². The van der Waals surface area contributed by atoms with Crippen LogP contribution in [-0.4, -0.2) is 57.4 Å². The fraction of sp³-hybridized carbons (Fsp3) is 0.524. The molecule has 5 heterocycles. The van der Waals surface area contributed by atoms with E-state index in [1.54, 1.807) is 23.2 Å². The summed E-state index contributed by atoms with van der Waals surface area (Å²) in [5, 5.41) is 0. The number of anilines is 1. The zero-order chi connectivity index (χ0) is 20.9. The van der Waals surface area contributed by atoms with Gasteiger partial charge in [0.1, 0.15) is 11.4 Å². The number of likely N-dealkylation sites (tertiary alicyclic amines) is 1. The van der Waals surface area contributed by atoms with Gasteiger partial charge in [0, 0.05) is 56.6 Å². The van der Waals surface area contributed by atoms with E-state index in [1.807, 2.05) is 6.07 Å². The number of rotatable bonds is 2. The van der Waals surface area contributed by atoms with E-state index < -0.39 is 18.4 Å². The normalized spacial score (nSPS) is 25.0. The third-order valence-corrected chi connectivity index (χ3v) is 6.39. The maximum atomic E-state index is 13.7. The van der Waals surface area contributed by atoms with Gasteiger partial charge in [-0.15, -0.1) is 0 Å². The van der Waals surface area contributed by atoms with E-state index in [4.69, 9.17) is 0 Å². The Morgan fingerprint density at radius 3 is 2.80 bits per heavy atom. The van der Waals surface area contributed by atoms with Crippen molar-refractivity contribution in [3.8, 4) is 0 Å². The zero-order valence-corrected chi connectivity index (χ0v) is 16.5. The first kappa shape index (κ1) is 19.1. The number of pyridine rings is 1. The minimum atomic E-state index is -2.89. The summed E-state index contributed by atoms with van der Waals surface area (Å²) in [6.45, 7) is 1.63. The Morgan fingerprint density at radius 2 is 2.03 bits per heavy atom. The first-order valence-electron chi connectivity index (χ1n) is 10.3. The van der Waals surface area contributed by atoms with Crippen molar-refractivity contribution in [1.29, 1.82) is 0 Å². The van der Waals surface area contributed by atoms with Crippen molar-refractivity contribution in [2.45, 2.75) is 37.6 Å². The van der Waals surface area contributed by atoms with Crippen LogP contribution in [0.5, 0.6) is 0 Å². The first-order valence-corrected chi connectivity index (χ1v) is 10.3. The van der Waals surface area contributed by atoms with Crippen LogP contribution >= 0.6 is 0 Å². The Kier molecular flexibility index (Phi) is 4.56. The molecule has 2 saturated heterocycles. The van der Waals surface area contributed by atoms with Crippen molar-refractivity contribution in [2.24, 2.45) is 5.92 Å². The summed E-state index contributed by atoms with van der Waals surface area (Å²) >= 11 is 0. The highest BCUT2D eigenvalue weighted by molar-refractivity contribution is 5.94. The SMILES string of the molecule is O=C(c1ccc2n(c1=O)C[C@H]1C[C@@H]2CN(c2cnccn2)C1)N1CCCC(F)(F)C1. The van der Waals surface area contributed by atoms with Crippen molar-refractivity contribution in [3.05, 3.63) is 52.3 Å². The highest BCUT2D eigenvalue weighted by Crippen LogP contribution is 2.36. The number of carbonyl (C=O) groups is 1. The van der Waals surface area contributed by atoms with Gasteiger partial charge in [-0.2, -0.15) is 0 Å². The molecular formula is C21H23F2N5O2. The van der Waals surface area contributed by atoms with Gasteiger partial charge in [0.25, 0.3) is 17.4 Å². The molecular weight excluding hydrogens is 392 g/mol. The Labute approximate surface area is 172 Å². The predicted molar refractivity (Wildman–Crippen MR) is 106 cm³/mol. The van der Waals surface area contributed by atoms with Gasteiger partial charge in [-0.25, -0.2) is 13.8 Å². The second-order valence-corrected chi connectivity index (χ2v) is 8.54. The van der Waals surface area contributed by atoms with Crippen LogP contribution in [0.15, 0.2) is 35.5 Å². The molecule has 158 valence electrons. The average Bonchev–Trinajstić information content (AvgIpc) is 2.74. The van der Waals surface area contributed by atoms with Gasteiger partial charge < -0.3 is 14.4 Å². The Hall–Kier alpha value is -2.84. The molecule has 1 amide bonds. The van der Waals surface area contributed by atoms with Crippen LogP contribution in [0, 0.1) is 5.92 Å². The van der Waals surface area contributed by atoms with Gasteiger partial charge in [0.15, 0.2) is 0 Å². The Balaban J connectivity index is 1.42. The number of halogens is 2. The van der Waals surface area contributed by atoms with E-state index >= 15 is 0 Å². The molecule has 5 rings (SSSR count). The molecule has 0 aliphatic carbocycles. The van der Waals surface area contributed by atoms with Gasteiger partial charge in [-0.05, 0) is 30.9 Å². The maximum absolute atomic E-state index is 13.7. The topological polar surface area (TPSA) is 71.3 Å². The molecule has 30 heavy (non-hydrogen) atoms. The molecule has 9 heteroatoms. The summed E-state index contributed by atoms with van der Waals surface area (Å²) in [7, 11) is 0. The van der Waals surface area contributed by atoms with E-state index in [1.165, 1.54) is 6.07 Å². The van der Waals surface area contributed by atoms with E-state index in [2.05, 4.69) is 14.9 Å². The van der Waals surface area contributed by atoms with Crippen LogP contribution in [0.2, 0.25) is 0 Å². The number of aromatic nitrogens is 3. The van der Waals surface area contributed by atoms with Crippen LogP contribution in [0.1, 0.15) is 41.2 Å². The van der Waals surface area contributed by atoms with Crippen molar-refractivity contribution < 1.29 is 13.6 Å². The fourth-order valence-corrected chi connectivity index (χ4v) is 5.06.